The van der Waals surface area contributed by atoms with Crippen LogP contribution < -0.4 is 5.32 Å². The molecular weight excluding hydrogens is 174 g/mol. The first kappa shape index (κ1) is 9.59. The standard InChI is InChI=1S/C11H17N3/c1-8-7-13-9(2)14-11(8)10-3-5-12-6-4-10/h7,10,12H,3-6H2,1-2H3. The quantitative estimate of drug-likeness (QED) is 0.732. The zero-order chi connectivity index (χ0) is 9.97. The third kappa shape index (κ3) is 1.93. The van der Waals surface area contributed by atoms with Crippen LogP contribution in [0.2, 0.25) is 0 Å². The first-order valence-electron chi connectivity index (χ1n) is 5.28. The molecule has 1 aliphatic heterocycles. The van der Waals surface area contributed by atoms with Gasteiger partial charge in [0.25, 0.3) is 0 Å². The van der Waals surface area contributed by atoms with Crippen molar-refractivity contribution in [1.82, 2.24) is 15.3 Å². The fourth-order valence-corrected chi connectivity index (χ4v) is 2.06. The zero-order valence-corrected chi connectivity index (χ0v) is 8.88. The molecule has 2 rings (SSSR count). The van der Waals surface area contributed by atoms with Crippen molar-refractivity contribution in [3.05, 3.63) is 23.3 Å². The number of rotatable bonds is 1. The summed E-state index contributed by atoms with van der Waals surface area (Å²) in [4.78, 5) is 8.76. The smallest absolute Gasteiger partial charge is 0.125 e. The molecule has 1 aromatic heterocycles. The molecule has 76 valence electrons. The van der Waals surface area contributed by atoms with Crippen molar-refractivity contribution < 1.29 is 0 Å². The predicted octanol–water partition coefficient (Wildman–Crippen LogP) is 1.56. The van der Waals surface area contributed by atoms with Crippen LogP contribution in [0.15, 0.2) is 6.20 Å². The highest BCUT2D eigenvalue weighted by atomic mass is 14.9. The van der Waals surface area contributed by atoms with E-state index in [9.17, 15) is 0 Å². The Labute approximate surface area is 85.0 Å². The van der Waals surface area contributed by atoms with Gasteiger partial charge < -0.3 is 5.32 Å². The maximum absolute atomic E-state index is 4.56. The third-order valence-electron chi connectivity index (χ3n) is 2.86. The highest BCUT2D eigenvalue weighted by Crippen LogP contribution is 2.25. The fourth-order valence-electron chi connectivity index (χ4n) is 2.06. The molecule has 0 atom stereocenters. The predicted molar refractivity (Wildman–Crippen MR) is 56.4 cm³/mol. The highest BCUT2D eigenvalue weighted by molar-refractivity contribution is 5.20. The van der Waals surface area contributed by atoms with Gasteiger partial charge in [-0.3, -0.25) is 0 Å². The molecule has 0 aromatic carbocycles. The maximum atomic E-state index is 4.56. The Hall–Kier alpha value is -0.960. The van der Waals surface area contributed by atoms with Gasteiger partial charge in [0.1, 0.15) is 5.82 Å². The molecule has 3 heteroatoms. The highest BCUT2D eigenvalue weighted by Gasteiger charge is 2.18. The lowest BCUT2D eigenvalue weighted by molar-refractivity contribution is 0.450. The van der Waals surface area contributed by atoms with E-state index in [1.807, 2.05) is 13.1 Å². The van der Waals surface area contributed by atoms with E-state index in [4.69, 9.17) is 0 Å². The minimum absolute atomic E-state index is 0.637. The number of aryl methyl sites for hydroxylation is 2. The van der Waals surface area contributed by atoms with Crippen LogP contribution in [0.25, 0.3) is 0 Å². The molecule has 0 radical (unpaired) electrons. The molecule has 1 fully saturated rings. The molecule has 1 aromatic rings. The van der Waals surface area contributed by atoms with Crippen molar-refractivity contribution in [2.24, 2.45) is 0 Å². The van der Waals surface area contributed by atoms with Crippen LogP contribution in [0.4, 0.5) is 0 Å². The van der Waals surface area contributed by atoms with Gasteiger partial charge >= 0.3 is 0 Å². The number of hydrogen-bond acceptors (Lipinski definition) is 3. The van der Waals surface area contributed by atoms with Crippen molar-refractivity contribution in [1.29, 1.82) is 0 Å². The summed E-state index contributed by atoms with van der Waals surface area (Å²) in [5.41, 5.74) is 2.50. The number of hydrogen-bond donors (Lipinski definition) is 1. The van der Waals surface area contributed by atoms with Crippen LogP contribution >= 0.6 is 0 Å². The zero-order valence-electron chi connectivity index (χ0n) is 8.88. The first-order chi connectivity index (χ1) is 6.77. The van der Waals surface area contributed by atoms with Gasteiger partial charge in [0, 0.05) is 12.1 Å². The second-order valence-corrected chi connectivity index (χ2v) is 4.01. The average Bonchev–Trinajstić information content (AvgIpc) is 2.23. The number of nitrogens with one attached hydrogen (secondary N) is 1. The van der Waals surface area contributed by atoms with Gasteiger partial charge in [0.05, 0.1) is 5.69 Å². The molecule has 0 aliphatic carbocycles. The van der Waals surface area contributed by atoms with Crippen LogP contribution in [0, 0.1) is 13.8 Å². The largest absolute Gasteiger partial charge is 0.317 e. The van der Waals surface area contributed by atoms with Crippen LogP contribution in [0.1, 0.15) is 35.8 Å². The van der Waals surface area contributed by atoms with E-state index in [0.29, 0.717) is 5.92 Å². The van der Waals surface area contributed by atoms with Crippen LogP contribution in [0.3, 0.4) is 0 Å². The Bertz CT molecular complexity index is 316. The van der Waals surface area contributed by atoms with E-state index in [1.165, 1.54) is 24.1 Å². The van der Waals surface area contributed by atoms with E-state index >= 15 is 0 Å². The lowest BCUT2D eigenvalue weighted by Crippen LogP contribution is -2.27. The Morgan fingerprint density at radius 2 is 2.00 bits per heavy atom. The lowest BCUT2D eigenvalue weighted by Gasteiger charge is -2.23. The molecule has 0 amide bonds. The summed E-state index contributed by atoms with van der Waals surface area (Å²) in [7, 11) is 0. The van der Waals surface area contributed by atoms with Crippen molar-refractivity contribution in [3.8, 4) is 0 Å². The topological polar surface area (TPSA) is 37.8 Å². The third-order valence-corrected chi connectivity index (χ3v) is 2.86. The molecule has 0 unspecified atom stereocenters. The fraction of sp³-hybridized carbons (Fsp3) is 0.636. The van der Waals surface area contributed by atoms with Gasteiger partial charge in [-0.1, -0.05) is 0 Å². The first-order valence-corrected chi connectivity index (χ1v) is 5.28. The number of aromatic nitrogens is 2. The second kappa shape index (κ2) is 4.05. The Balaban J connectivity index is 2.24. The number of piperidine rings is 1. The van der Waals surface area contributed by atoms with Gasteiger partial charge in [0.15, 0.2) is 0 Å². The summed E-state index contributed by atoms with van der Waals surface area (Å²) in [5, 5.41) is 3.38. The normalized spacial score (nSPS) is 18.4. The molecule has 3 nitrogen and oxygen atoms in total. The summed E-state index contributed by atoms with van der Waals surface area (Å²) in [6, 6.07) is 0. The van der Waals surface area contributed by atoms with E-state index in [1.54, 1.807) is 0 Å². The average molecular weight is 191 g/mol. The summed E-state index contributed by atoms with van der Waals surface area (Å²) in [6.45, 7) is 6.31. The monoisotopic (exact) mass is 191 g/mol. The molecule has 1 aliphatic rings. The van der Waals surface area contributed by atoms with Crippen LogP contribution in [0.5, 0.6) is 0 Å². The van der Waals surface area contributed by atoms with Crippen molar-refractivity contribution in [2.45, 2.75) is 32.6 Å². The van der Waals surface area contributed by atoms with Crippen molar-refractivity contribution in [3.63, 3.8) is 0 Å². The number of nitrogens with zero attached hydrogens (tertiary/aromatic N) is 2. The SMILES string of the molecule is Cc1ncc(C)c(C2CCNCC2)n1. The molecule has 1 N–H and O–H groups in total. The summed E-state index contributed by atoms with van der Waals surface area (Å²) < 4.78 is 0. The van der Waals surface area contributed by atoms with Crippen molar-refractivity contribution in [2.75, 3.05) is 13.1 Å². The van der Waals surface area contributed by atoms with Gasteiger partial charge in [-0.15, -0.1) is 0 Å². The Morgan fingerprint density at radius 3 is 2.71 bits per heavy atom. The summed E-state index contributed by atoms with van der Waals surface area (Å²) in [6.07, 6.45) is 4.36. The van der Waals surface area contributed by atoms with Gasteiger partial charge in [0.2, 0.25) is 0 Å². The van der Waals surface area contributed by atoms with Crippen LogP contribution in [-0.2, 0) is 0 Å². The molecule has 14 heavy (non-hydrogen) atoms. The minimum atomic E-state index is 0.637. The molecule has 0 bridgehead atoms. The Morgan fingerprint density at radius 1 is 1.29 bits per heavy atom. The van der Waals surface area contributed by atoms with E-state index in [0.717, 1.165) is 18.9 Å². The Kier molecular flexibility index (Phi) is 2.77. The van der Waals surface area contributed by atoms with Gasteiger partial charge in [-0.05, 0) is 45.3 Å². The molecular formula is C11H17N3. The molecule has 1 saturated heterocycles. The van der Waals surface area contributed by atoms with Gasteiger partial charge in [-0.25, -0.2) is 9.97 Å². The molecule has 0 saturated carbocycles. The maximum Gasteiger partial charge on any atom is 0.125 e. The van der Waals surface area contributed by atoms with Crippen LogP contribution in [-0.4, -0.2) is 23.1 Å². The minimum Gasteiger partial charge on any atom is -0.317 e. The van der Waals surface area contributed by atoms with Gasteiger partial charge in [-0.2, -0.15) is 0 Å². The lowest BCUT2D eigenvalue weighted by atomic mass is 9.92. The van der Waals surface area contributed by atoms with E-state index in [-0.39, 0.29) is 0 Å². The second-order valence-electron chi connectivity index (χ2n) is 4.01. The summed E-state index contributed by atoms with van der Waals surface area (Å²) in [5.74, 6) is 1.53. The molecule has 2 heterocycles. The van der Waals surface area contributed by atoms with E-state index in [2.05, 4.69) is 22.2 Å². The van der Waals surface area contributed by atoms with Crippen molar-refractivity contribution >= 4 is 0 Å². The van der Waals surface area contributed by atoms with E-state index < -0.39 is 0 Å². The summed E-state index contributed by atoms with van der Waals surface area (Å²) >= 11 is 0. The molecule has 0 spiro atoms.